The van der Waals surface area contributed by atoms with E-state index < -0.39 is 5.92 Å². The number of Topliss-reactive ketones (excluding diaryl/α,β-unsaturated/α-hetero) is 1. The predicted octanol–water partition coefficient (Wildman–Crippen LogP) is 7.51. The minimum atomic E-state index is -0.525. The summed E-state index contributed by atoms with van der Waals surface area (Å²) < 4.78 is 0. The van der Waals surface area contributed by atoms with E-state index in [2.05, 4.69) is 0 Å². The zero-order chi connectivity index (χ0) is 24.7. The molecule has 176 valence electrons. The molecule has 2 aliphatic rings. The molecule has 0 aromatic heterocycles. The van der Waals surface area contributed by atoms with E-state index in [0.717, 1.165) is 28.8 Å². The Balaban J connectivity index is 1.82. The van der Waals surface area contributed by atoms with Gasteiger partial charge >= 0.3 is 0 Å². The third-order valence-electron chi connectivity index (χ3n) is 6.81. The Morgan fingerprint density at radius 1 is 0.971 bits per heavy atom. The fourth-order valence-electron chi connectivity index (χ4n) is 5.05. The molecule has 0 saturated heterocycles. The number of halogens is 1. The van der Waals surface area contributed by atoms with Crippen LogP contribution in [0.4, 0.5) is 5.69 Å². The highest BCUT2D eigenvalue weighted by atomic mass is 35.5. The molecule has 3 aromatic rings. The van der Waals surface area contributed by atoms with Gasteiger partial charge in [0.2, 0.25) is 0 Å². The van der Waals surface area contributed by atoms with E-state index in [1.807, 2.05) is 74.5 Å². The number of benzene rings is 3. The van der Waals surface area contributed by atoms with Gasteiger partial charge in [0.1, 0.15) is 11.6 Å². The number of carbonyl (C=O) groups is 1. The number of aliphatic hydroxyl groups is 1. The molecule has 1 aliphatic heterocycles. The quantitative estimate of drug-likeness (QED) is 0.379. The maximum Gasteiger partial charge on any atom is 0.161 e. The largest absolute Gasteiger partial charge is 0.507 e. The summed E-state index contributed by atoms with van der Waals surface area (Å²) in [4.78, 5) is 15.3. The fourth-order valence-corrected chi connectivity index (χ4v) is 5.24. The SMILES string of the molecule is Cc1ccc(/C(O)=C2\C(=N)N(c3cccc(Cl)c3)C3=C(C(=O)CCC3)[C@@H]2c2ccc(C)cc2)cc1. The molecule has 0 spiro atoms. The lowest BCUT2D eigenvalue weighted by Gasteiger charge is -2.41. The van der Waals surface area contributed by atoms with Crippen LogP contribution < -0.4 is 4.90 Å². The standard InChI is InChI=1S/C30H27ClN2O2/c1-18-9-13-20(14-10-18)26-27-24(7-4-8-25(27)34)33(23-6-3-5-22(31)17-23)30(32)28(26)29(35)21-15-11-19(2)12-16-21/h3,5-6,9-17,26,32,35H,4,7-8H2,1-2H3/b29-28+,32-30?/t26-/m0/s1. The van der Waals surface area contributed by atoms with Gasteiger partial charge in [-0.25, -0.2) is 0 Å². The number of anilines is 1. The van der Waals surface area contributed by atoms with Crippen LogP contribution in [0.15, 0.2) is 89.6 Å². The van der Waals surface area contributed by atoms with Crippen LogP contribution in [0.25, 0.3) is 5.76 Å². The van der Waals surface area contributed by atoms with Crippen LogP contribution in [0.1, 0.15) is 47.4 Å². The van der Waals surface area contributed by atoms with Crippen LogP contribution in [-0.4, -0.2) is 16.7 Å². The molecule has 0 radical (unpaired) electrons. The molecule has 0 amide bonds. The normalized spacial score (nSPS) is 19.6. The molecule has 1 heterocycles. The Labute approximate surface area is 210 Å². The van der Waals surface area contributed by atoms with E-state index in [9.17, 15) is 15.3 Å². The smallest absolute Gasteiger partial charge is 0.161 e. The van der Waals surface area contributed by atoms with Crippen molar-refractivity contribution in [3.8, 4) is 0 Å². The topological polar surface area (TPSA) is 64.4 Å². The highest BCUT2D eigenvalue weighted by Gasteiger charge is 2.43. The number of allylic oxidation sites excluding steroid dienone is 2. The van der Waals surface area contributed by atoms with Gasteiger partial charge in [0, 0.05) is 45.5 Å². The summed E-state index contributed by atoms with van der Waals surface area (Å²) in [5.74, 6) is -0.296. The number of aliphatic hydroxyl groups excluding tert-OH is 1. The van der Waals surface area contributed by atoms with Gasteiger partial charge < -0.3 is 5.11 Å². The van der Waals surface area contributed by atoms with Gasteiger partial charge in [-0.05, 0) is 50.5 Å². The van der Waals surface area contributed by atoms with Crippen molar-refractivity contribution in [1.82, 2.24) is 0 Å². The van der Waals surface area contributed by atoms with Crippen LogP contribution >= 0.6 is 11.6 Å². The number of aryl methyl sites for hydroxylation is 2. The molecule has 5 heteroatoms. The van der Waals surface area contributed by atoms with Crippen molar-refractivity contribution in [3.63, 3.8) is 0 Å². The van der Waals surface area contributed by atoms with Gasteiger partial charge in [-0.1, -0.05) is 77.3 Å². The summed E-state index contributed by atoms with van der Waals surface area (Å²) in [6.45, 7) is 4.01. The van der Waals surface area contributed by atoms with Crippen molar-refractivity contribution in [3.05, 3.63) is 117 Å². The van der Waals surface area contributed by atoms with E-state index in [1.54, 1.807) is 17.0 Å². The first-order valence-electron chi connectivity index (χ1n) is 11.8. The lowest BCUT2D eigenvalue weighted by molar-refractivity contribution is -0.116. The van der Waals surface area contributed by atoms with Crippen LogP contribution in [0.2, 0.25) is 5.02 Å². The minimum Gasteiger partial charge on any atom is -0.507 e. The lowest BCUT2D eigenvalue weighted by atomic mass is 9.73. The minimum absolute atomic E-state index is 0.0116. The summed E-state index contributed by atoms with van der Waals surface area (Å²) in [6.07, 6.45) is 1.86. The number of hydrogen-bond acceptors (Lipinski definition) is 3. The Bertz CT molecular complexity index is 1380. The van der Waals surface area contributed by atoms with Crippen LogP contribution in [0.3, 0.4) is 0 Å². The molecule has 0 saturated carbocycles. The molecule has 5 rings (SSSR count). The van der Waals surface area contributed by atoms with Crippen LogP contribution in [0, 0.1) is 19.3 Å². The van der Waals surface area contributed by atoms with E-state index in [0.29, 0.717) is 40.3 Å². The molecule has 1 aliphatic carbocycles. The van der Waals surface area contributed by atoms with Gasteiger partial charge in [-0.15, -0.1) is 0 Å². The Hall–Kier alpha value is -3.63. The van der Waals surface area contributed by atoms with Crippen molar-refractivity contribution in [1.29, 1.82) is 5.41 Å². The van der Waals surface area contributed by atoms with Crippen LogP contribution in [0.5, 0.6) is 0 Å². The summed E-state index contributed by atoms with van der Waals surface area (Å²) in [6, 6.07) is 22.9. The first-order valence-corrected chi connectivity index (χ1v) is 12.2. The summed E-state index contributed by atoms with van der Waals surface area (Å²) in [7, 11) is 0. The first-order chi connectivity index (χ1) is 16.8. The Morgan fingerprint density at radius 2 is 1.63 bits per heavy atom. The molecule has 0 bridgehead atoms. The van der Waals surface area contributed by atoms with E-state index in [4.69, 9.17) is 11.6 Å². The maximum absolute atomic E-state index is 13.5. The second-order valence-electron chi connectivity index (χ2n) is 9.27. The van der Waals surface area contributed by atoms with Gasteiger partial charge in [-0.2, -0.15) is 0 Å². The van der Waals surface area contributed by atoms with Crippen molar-refractivity contribution >= 4 is 34.7 Å². The molecule has 0 unspecified atom stereocenters. The Kier molecular flexibility index (Phi) is 6.08. The van der Waals surface area contributed by atoms with Crippen molar-refractivity contribution in [2.45, 2.75) is 39.0 Å². The molecule has 0 fully saturated rings. The monoisotopic (exact) mass is 482 g/mol. The third kappa shape index (κ3) is 4.19. The highest BCUT2D eigenvalue weighted by molar-refractivity contribution is 6.31. The molecule has 35 heavy (non-hydrogen) atoms. The average Bonchev–Trinajstić information content (AvgIpc) is 2.84. The van der Waals surface area contributed by atoms with Crippen molar-refractivity contribution < 1.29 is 9.90 Å². The first kappa shape index (κ1) is 23.1. The molecule has 3 aromatic carbocycles. The number of hydrogen-bond donors (Lipinski definition) is 2. The average molecular weight is 483 g/mol. The van der Waals surface area contributed by atoms with Gasteiger partial charge in [0.25, 0.3) is 0 Å². The molecule has 2 N–H and O–H groups in total. The zero-order valence-corrected chi connectivity index (χ0v) is 20.6. The summed E-state index contributed by atoms with van der Waals surface area (Å²) >= 11 is 6.32. The van der Waals surface area contributed by atoms with Gasteiger partial charge in [0.15, 0.2) is 5.78 Å². The number of amidine groups is 1. The predicted molar refractivity (Wildman–Crippen MR) is 142 cm³/mol. The summed E-state index contributed by atoms with van der Waals surface area (Å²) in [5.41, 5.74) is 6.30. The van der Waals surface area contributed by atoms with E-state index in [-0.39, 0.29) is 17.4 Å². The lowest BCUT2D eigenvalue weighted by Crippen LogP contribution is -2.42. The number of carbonyl (C=O) groups excluding carboxylic acids is 1. The third-order valence-corrected chi connectivity index (χ3v) is 7.05. The molecular formula is C30H27ClN2O2. The fraction of sp³-hybridized carbons (Fsp3) is 0.200. The number of ketones is 1. The second kappa shape index (κ2) is 9.20. The van der Waals surface area contributed by atoms with Gasteiger partial charge in [-0.3, -0.25) is 15.1 Å². The number of rotatable bonds is 3. The summed E-state index contributed by atoms with van der Waals surface area (Å²) in [5, 5.41) is 21.6. The van der Waals surface area contributed by atoms with Gasteiger partial charge in [0.05, 0.1) is 0 Å². The Morgan fingerprint density at radius 3 is 2.29 bits per heavy atom. The number of nitrogens with one attached hydrogen (secondary N) is 1. The van der Waals surface area contributed by atoms with E-state index >= 15 is 0 Å². The van der Waals surface area contributed by atoms with E-state index in [1.165, 1.54) is 0 Å². The highest BCUT2D eigenvalue weighted by Crippen LogP contribution is 2.48. The molecule has 4 nitrogen and oxygen atoms in total. The van der Waals surface area contributed by atoms with Crippen LogP contribution in [-0.2, 0) is 4.79 Å². The van der Waals surface area contributed by atoms with Crippen molar-refractivity contribution in [2.75, 3.05) is 4.90 Å². The molecular weight excluding hydrogens is 456 g/mol. The maximum atomic E-state index is 13.5. The second-order valence-corrected chi connectivity index (χ2v) is 9.71. The van der Waals surface area contributed by atoms with Crippen molar-refractivity contribution in [2.24, 2.45) is 0 Å². The zero-order valence-electron chi connectivity index (χ0n) is 19.8. The molecule has 1 atom stereocenters. The number of nitrogens with zero attached hydrogens (tertiary/aromatic N) is 1.